The van der Waals surface area contributed by atoms with Crippen molar-refractivity contribution in [3.05, 3.63) is 102 Å². The first kappa shape index (κ1) is 24.4. The first-order chi connectivity index (χ1) is 15.2. The summed E-state index contributed by atoms with van der Waals surface area (Å²) in [5.41, 5.74) is 3.64. The van der Waals surface area contributed by atoms with Gasteiger partial charge in [0.1, 0.15) is 0 Å². The second-order valence-corrected chi connectivity index (χ2v) is 6.05. The molecule has 0 fully saturated rings. The monoisotopic (exact) mass is 601 g/mol. The Balaban J connectivity index is 0.000000232. The van der Waals surface area contributed by atoms with Crippen molar-refractivity contribution >= 4 is 0 Å². The number of nitrogens with zero attached hydrogens (tertiary/aromatic N) is 4. The van der Waals surface area contributed by atoms with Crippen LogP contribution in [-0.2, 0) is 21.1 Å². The van der Waals surface area contributed by atoms with E-state index in [4.69, 9.17) is 10.5 Å². The molecule has 0 N–H and O–H groups in total. The zero-order valence-corrected chi connectivity index (χ0v) is 19.1. The van der Waals surface area contributed by atoms with Gasteiger partial charge in [0.2, 0.25) is 0 Å². The maximum atomic E-state index is 12.9. The van der Waals surface area contributed by atoms with Gasteiger partial charge in [-0.25, -0.2) is 9.65 Å². The molecular weight excluding hydrogens is 586 g/mol. The van der Waals surface area contributed by atoms with E-state index in [-0.39, 0.29) is 37.9 Å². The Morgan fingerprint density at radius 3 is 2.28 bits per heavy atom. The topological polar surface area (TPSA) is 82.6 Å². The zero-order valence-electron chi connectivity index (χ0n) is 16.8. The summed E-state index contributed by atoms with van der Waals surface area (Å²) >= 11 is 0. The van der Waals surface area contributed by atoms with E-state index in [1.54, 1.807) is 18.3 Å². The Morgan fingerprint density at radius 2 is 1.66 bits per heavy atom. The molecule has 7 heteroatoms. The van der Waals surface area contributed by atoms with Crippen molar-refractivity contribution < 1.29 is 30.2 Å². The second-order valence-electron chi connectivity index (χ2n) is 6.05. The van der Waals surface area contributed by atoms with E-state index >= 15 is 0 Å². The van der Waals surface area contributed by atoms with Crippen LogP contribution in [0.15, 0.2) is 72.9 Å². The molecule has 0 bridgehead atoms. The number of rotatable bonds is 3. The second kappa shape index (κ2) is 12.1. The molecule has 0 aliphatic heterocycles. The summed E-state index contributed by atoms with van der Waals surface area (Å²) < 4.78 is 17.5. The van der Waals surface area contributed by atoms with Crippen LogP contribution in [0.1, 0.15) is 11.1 Å². The minimum atomic E-state index is -0.766. The SMILES string of the molecule is COc1c(F)[c-]cc(C#N)c1C#N.[Pt+2].[c-]1ccccc1-c1cccc(-c2ccccn2)n1. The molecule has 4 rings (SSSR count). The van der Waals surface area contributed by atoms with Crippen LogP contribution in [-0.4, -0.2) is 17.1 Å². The van der Waals surface area contributed by atoms with Crippen LogP contribution >= 0.6 is 0 Å². The first-order valence-corrected chi connectivity index (χ1v) is 9.11. The Morgan fingerprint density at radius 1 is 0.906 bits per heavy atom. The van der Waals surface area contributed by atoms with Gasteiger partial charge in [-0.1, -0.05) is 18.2 Å². The third-order valence-corrected chi connectivity index (χ3v) is 4.14. The van der Waals surface area contributed by atoms with Gasteiger partial charge >= 0.3 is 21.1 Å². The Bertz CT molecular complexity index is 1200. The van der Waals surface area contributed by atoms with E-state index in [2.05, 4.69) is 26.8 Å². The summed E-state index contributed by atoms with van der Waals surface area (Å²) in [5.74, 6) is -1.00. The van der Waals surface area contributed by atoms with Gasteiger partial charge < -0.3 is 4.74 Å². The van der Waals surface area contributed by atoms with Gasteiger partial charge in [0, 0.05) is 17.8 Å². The summed E-state index contributed by atoms with van der Waals surface area (Å²) in [6.45, 7) is 0. The van der Waals surface area contributed by atoms with Crippen LogP contribution in [0.4, 0.5) is 4.39 Å². The molecule has 32 heavy (non-hydrogen) atoms. The number of aromatic nitrogens is 2. The van der Waals surface area contributed by atoms with Gasteiger partial charge in [0.25, 0.3) is 0 Å². The quantitative estimate of drug-likeness (QED) is 0.310. The molecule has 0 radical (unpaired) electrons. The largest absolute Gasteiger partial charge is 2.00 e. The molecule has 2 aromatic carbocycles. The van der Waals surface area contributed by atoms with Gasteiger partial charge in [-0.15, -0.1) is 42.0 Å². The molecular formula is C25H15FN4OPt. The summed E-state index contributed by atoms with van der Waals surface area (Å²) in [6, 6.07) is 29.5. The third kappa shape index (κ3) is 5.85. The number of halogens is 1. The molecule has 5 nitrogen and oxygen atoms in total. The van der Waals surface area contributed by atoms with Gasteiger partial charge in [0.15, 0.2) is 0 Å². The normalized spacial score (nSPS) is 9.25. The van der Waals surface area contributed by atoms with Crippen molar-refractivity contribution in [2.45, 2.75) is 0 Å². The van der Waals surface area contributed by atoms with Crippen molar-refractivity contribution in [1.82, 2.24) is 9.97 Å². The fourth-order valence-electron chi connectivity index (χ4n) is 2.69. The number of hydrogen-bond donors (Lipinski definition) is 0. The van der Waals surface area contributed by atoms with Crippen molar-refractivity contribution in [2.24, 2.45) is 0 Å². The molecule has 0 unspecified atom stereocenters. The Hall–Kier alpha value is -3.86. The van der Waals surface area contributed by atoms with Gasteiger partial charge in [-0.05, 0) is 29.5 Å². The smallest absolute Gasteiger partial charge is 0.550 e. The molecule has 158 valence electrons. The van der Waals surface area contributed by atoms with Crippen molar-refractivity contribution in [3.63, 3.8) is 0 Å². The van der Waals surface area contributed by atoms with Crippen molar-refractivity contribution in [2.75, 3.05) is 7.11 Å². The van der Waals surface area contributed by atoms with Gasteiger partial charge in [0.05, 0.1) is 36.1 Å². The van der Waals surface area contributed by atoms with Crippen LogP contribution in [0.25, 0.3) is 22.6 Å². The Kier molecular flexibility index (Phi) is 9.23. The minimum Gasteiger partial charge on any atom is -0.550 e. The molecule has 0 aliphatic carbocycles. The van der Waals surface area contributed by atoms with Crippen molar-refractivity contribution in [3.8, 4) is 40.5 Å². The fraction of sp³-hybridized carbons (Fsp3) is 0.0400. The summed E-state index contributed by atoms with van der Waals surface area (Å²) in [6.07, 6.45) is 1.78. The molecule has 0 saturated carbocycles. The maximum absolute atomic E-state index is 12.9. The van der Waals surface area contributed by atoms with E-state index in [1.165, 1.54) is 7.11 Å². The van der Waals surface area contributed by atoms with E-state index in [0.717, 1.165) is 28.7 Å². The fourth-order valence-corrected chi connectivity index (χ4v) is 2.69. The number of methoxy groups -OCH3 is 1. The number of pyridine rings is 2. The summed E-state index contributed by atoms with van der Waals surface area (Å²) in [5, 5.41) is 17.2. The molecule has 0 spiro atoms. The predicted molar refractivity (Wildman–Crippen MR) is 113 cm³/mol. The number of hydrogen-bond acceptors (Lipinski definition) is 5. The molecule has 0 amide bonds. The number of ether oxygens (including phenoxy) is 1. The average molecular weight is 601 g/mol. The molecule has 2 heterocycles. The van der Waals surface area contributed by atoms with Crippen molar-refractivity contribution in [1.29, 1.82) is 10.5 Å². The average Bonchev–Trinajstić information content (AvgIpc) is 2.85. The number of nitriles is 2. The Labute approximate surface area is 200 Å². The molecule has 2 aromatic heterocycles. The van der Waals surface area contributed by atoms with Crippen LogP contribution in [0, 0.1) is 40.6 Å². The van der Waals surface area contributed by atoms with Gasteiger partial charge in [-0.2, -0.15) is 11.3 Å². The first-order valence-electron chi connectivity index (χ1n) is 9.11. The molecule has 4 aromatic rings. The zero-order chi connectivity index (χ0) is 22.1. The van der Waals surface area contributed by atoms with Crippen LogP contribution < -0.4 is 4.74 Å². The predicted octanol–water partition coefficient (Wildman–Crippen LogP) is 4.99. The van der Waals surface area contributed by atoms with E-state index in [9.17, 15) is 4.39 Å². The standard InChI is InChI=1S/C16H11N2.C9H4FN2O.Pt/c1-2-7-13(8-3-1)14-10-6-11-16(18-14)15-9-4-5-12-17-15;1-13-9-7(5-12)6(4-11)2-3-8(9)10;/h1-7,9-12H;2H,1H3;/q2*-1;+2. The summed E-state index contributed by atoms with van der Waals surface area (Å²) in [4.78, 5) is 8.93. The van der Waals surface area contributed by atoms with Gasteiger partial charge in [-0.3, -0.25) is 9.97 Å². The number of benzene rings is 2. The molecule has 0 atom stereocenters. The minimum absolute atomic E-state index is 0. The molecule has 0 aliphatic rings. The molecule has 0 saturated heterocycles. The van der Waals surface area contributed by atoms with Crippen LogP contribution in [0.2, 0.25) is 0 Å². The third-order valence-electron chi connectivity index (χ3n) is 4.14. The maximum Gasteiger partial charge on any atom is 2.00 e. The van der Waals surface area contributed by atoms with Crippen LogP contribution in [0.3, 0.4) is 0 Å². The van der Waals surface area contributed by atoms with Crippen LogP contribution in [0.5, 0.6) is 5.75 Å². The van der Waals surface area contributed by atoms with E-state index < -0.39 is 5.82 Å². The summed E-state index contributed by atoms with van der Waals surface area (Å²) in [7, 11) is 1.23. The van der Waals surface area contributed by atoms with E-state index in [1.807, 2.05) is 60.7 Å². The van der Waals surface area contributed by atoms with E-state index in [0.29, 0.717) is 0 Å².